The van der Waals surface area contributed by atoms with E-state index in [1.54, 1.807) is 6.07 Å². The van der Waals surface area contributed by atoms with Crippen LogP contribution in [0.1, 0.15) is 22.8 Å². The Kier molecular flexibility index (Phi) is 4.52. The molecule has 0 saturated carbocycles. The summed E-state index contributed by atoms with van der Waals surface area (Å²) in [6.07, 6.45) is 0. The lowest BCUT2D eigenvalue weighted by Crippen LogP contribution is -1.99. The van der Waals surface area contributed by atoms with Gasteiger partial charge in [0.1, 0.15) is 18.2 Å². The Balaban J connectivity index is 2.06. The van der Waals surface area contributed by atoms with Crippen LogP contribution in [-0.4, -0.2) is 5.78 Å². The molecule has 2 nitrogen and oxygen atoms in total. The summed E-state index contributed by atoms with van der Waals surface area (Å²) < 4.78 is 20.2. The van der Waals surface area contributed by atoms with Crippen LogP contribution in [-0.2, 0) is 6.61 Å². The summed E-state index contributed by atoms with van der Waals surface area (Å²) >= 11 is 2.23. The van der Waals surface area contributed by atoms with Crippen molar-refractivity contribution in [3.8, 4) is 5.75 Å². The zero-order valence-corrected chi connectivity index (χ0v) is 12.5. The van der Waals surface area contributed by atoms with Crippen molar-refractivity contribution >= 4 is 28.4 Å². The number of hydrogen-bond donors (Lipinski definition) is 0. The van der Waals surface area contributed by atoms with Crippen molar-refractivity contribution in [3.05, 3.63) is 63.0 Å². The minimum atomic E-state index is -0.549. The minimum Gasteiger partial charge on any atom is -0.489 e. The molecule has 0 unspecified atom stereocenters. The highest BCUT2D eigenvalue weighted by molar-refractivity contribution is 14.1. The molecule has 0 N–H and O–H groups in total. The number of benzene rings is 2. The van der Waals surface area contributed by atoms with Crippen LogP contribution in [0.3, 0.4) is 0 Å². The van der Waals surface area contributed by atoms with E-state index in [0.717, 1.165) is 9.13 Å². The molecule has 0 aliphatic heterocycles. The molecule has 0 amide bonds. The van der Waals surface area contributed by atoms with Crippen molar-refractivity contribution in [1.82, 2.24) is 0 Å². The van der Waals surface area contributed by atoms with Gasteiger partial charge < -0.3 is 4.74 Å². The van der Waals surface area contributed by atoms with E-state index in [9.17, 15) is 9.18 Å². The number of rotatable bonds is 4. The first-order valence-electron chi connectivity index (χ1n) is 5.74. The fourth-order valence-corrected chi connectivity index (χ4v) is 1.98. The summed E-state index contributed by atoms with van der Waals surface area (Å²) in [6.45, 7) is 1.71. The first-order chi connectivity index (χ1) is 9.06. The van der Waals surface area contributed by atoms with Crippen LogP contribution in [0, 0.1) is 9.39 Å². The number of halogens is 2. The lowest BCUT2D eigenvalue weighted by atomic mass is 10.1. The molecule has 0 aliphatic carbocycles. The summed E-state index contributed by atoms with van der Waals surface area (Å²) in [4.78, 5) is 11.1. The summed E-state index contributed by atoms with van der Waals surface area (Å²) in [5.74, 6) is -0.421. The smallest absolute Gasteiger partial charge is 0.162 e. The monoisotopic (exact) mass is 370 g/mol. The number of Topliss-reactive ketones (excluding diaryl/α,β-unsaturated/α-hetero) is 1. The standard InChI is InChI=1S/C15H12FIO2/c1-10(18)14-7-6-13(8-15(14)16)19-9-11-2-4-12(17)5-3-11/h2-8H,9H2,1H3. The van der Waals surface area contributed by atoms with Crippen molar-refractivity contribution < 1.29 is 13.9 Å². The van der Waals surface area contributed by atoms with Crippen molar-refractivity contribution in [3.63, 3.8) is 0 Å². The number of hydrogen-bond acceptors (Lipinski definition) is 2. The van der Waals surface area contributed by atoms with Crippen molar-refractivity contribution in [2.45, 2.75) is 13.5 Å². The van der Waals surface area contributed by atoms with E-state index in [-0.39, 0.29) is 11.3 Å². The molecule has 0 bridgehead atoms. The summed E-state index contributed by atoms with van der Waals surface area (Å²) in [7, 11) is 0. The Morgan fingerprint density at radius 2 is 1.89 bits per heavy atom. The van der Waals surface area contributed by atoms with Crippen molar-refractivity contribution in [2.24, 2.45) is 0 Å². The van der Waals surface area contributed by atoms with E-state index < -0.39 is 5.82 Å². The van der Waals surface area contributed by atoms with Crippen LogP contribution >= 0.6 is 22.6 Å². The first kappa shape index (κ1) is 14.0. The van der Waals surface area contributed by atoms with Gasteiger partial charge >= 0.3 is 0 Å². The molecular weight excluding hydrogens is 358 g/mol. The Morgan fingerprint density at radius 1 is 1.21 bits per heavy atom. The summed E-state index contributed by atoms with van der Waals surface area (Å²) in [6, 6.07) is 12.2. The van der Waals surface area contributed by atoms with Crippen molar-refractivity contribution in [2.75, 3.05) is 0 Å². The Hall–Kier alpha value is -1.43. The SMILES string of the molecule is CC(=O)c1ccc(OCc2ccc(I)cc2)cc1F. The zero-order chi connectivity index (χ0) is 13.8. The van der Waals surface area contributed by atoms with Gasteiger partial charge in [-0.05, 0) is 59.3 Å². The van der Waals surface area contributed by atoms with Gasteiger partial charge in [-0.3, -0.25) is 4.79 Å². The lowest BCUT2D eigenvalue weighted by Gasteiger charge is -2.07. The highest BCUT2D eigenvalue weighted by Gasteiger charge is 2.08. The van der Waals surface area contributed by atoms with E-state index in [1.807, 2.05) is 24.3 Å². The summed E-state index contributed by atoms with van der Waals surface area (Å²) in [5.41, 5.74) is 1.10. The fourth-order valence-electron chi connectivity index (χ4n) is 1.62. The molecule has 19 heavy (non-hydrogen) atoms. The van der Waals surface area contributed by atoms with Crippen molar-refractivity contribution in [1.29, 1.82) is 0 Å². The van der Waals surface area contributed by atoms with E-state index in [0.29, 0.717) is 12.4 Å². The minimum absolute atomic E-state index is 0.0848. The fraction of sp³-hybridized carbons (Fsp3) is 0.133. The molecule has 0 aliphatic rings. The van der Waals surface area contributed by atoms with E-state index in [4.69, 9.17) is 4.74 Å². The third-order valence-electron chi connectivity index (χ3n) is 2.64. The number of ether oxygens (including phenoxy) is 1. The van der Waals surface area contributed by atoms with Gasteiger partial charge in [0, 0.05) is 9.64 Å². The number of carbonyl (C=O) groups excluding carboxylic acids is 1. The van der Waals surface area contributed by atoms with E-state index in [2.05, 4.69) is 22.6 Å². The highest BCUT2D eigenvalue weighted by atomic mass is 127. The number of carbonyl (C=O) groups is 1. The first-order valence-corrected chi connectivity index (χ1v) is 6.82. The molecule has 2 aromatic carbocycles. The molecule has 98 valence electrons. The second-order valence-electron chi connectivity index (χ2n) is 4.11. The quantitative estimate of drug-likeness (QED) is 0.595. The van der Waals surface area contributed by atoms with E-state index in [1.165, 1.54) is 19.1 Å². The molecule has 2 rings (SSSR count). The van der Waals surface area contributed by atoms with Gasteiger partial charge in [-0.1, -0.05) is 12.1 Å². The van der Waals surface area contributed by atoms with Gasteiger partial charge in [0.05, 0.1) is 5.56 Å². The molecule has 0 saturated heterocycles. The van der Waals surface area contributed by atoms with Gasteiger partial charge in [0.2, 0.25) is 0 Å². The molecule has 0 spiro atoms. The molecule has 0 aromatic heterocycles. The van der Waals surface area contributed by atoms with Crippen LogP contribution in [0.25, 0.3) is 0 Å². The molecule has 4 heteroatoms. The van der Waals surface area contributed by atoms with Gasteiger partial charge in [0.15, 0.2) is 5.78 Å². The van der Waals surface area contributed by atoms with Crippen LogP contribution < -0.4 is 4.74 Å². The second-order valence-corrected chi connectivity index (χ2v) is 5.36. The summed E-state index contributed by atoms with van der Waals surface area (Å²) in [5, 5.41) is 0. The molecule has 0 heterocycles. The maximum atomic E-state index is 13.6. The average Bonchev–Trinajstić information content (AvgIpc) is 2.37. The normalized spacial score (nSPS) is 10.3. The van der Waals surface area contributed by atoms with Crippen LogP contribution in [0.2, 0.25) is 0 Å². The molecule has 0 radical (unpaired) electrons. The average molecular weight is 370 g/mol. The lowest BCUT2D eigenvalue weighted by molar-refractivity contribution is 0.101. The Bertz CT molecular complexity index is 594. The Morgan fingerprint density at radius 3 is 2.47 bits per heavy atom. The van der Waals surface area contributed by atoms with Crippen LogP contribution in [0.15, 0.2) is 42.5 Å². The highest BCUT2D eigenvalue weighted by Crippen LogP contribution is 2.18. The zero-order valence-electron chi connectivity index (χ0n) is 10.3. The molecule has 2 aromatic rings. The molecule has 0 fully saturated rings. The van der Waals surface area contributed by atoms with Gasteiger partial charge in [-0.2, -0.15) is 0 Å². The maximum absolute atomic E-state index is 13.6. The third kappa shape index (κ3) is 3.76. The van der Waals surface area contributed by atoms with Gasteiger partial charge in [-0.25, -0.2) is 4.39 Å². The third-order valence-corrected chi connectivity index (χ3v) is 3.36. The van der Waals surface area contributed by atoms with Gasteiger partial charge in [0.25, 0.3) is 0 Å². The van der Waals surface area contributed by atoms with Gasteiger partial charge in [-0.15, -0.1) is 0 Å². The maximum Gasteiger partial charge on any atom is 0.162 e. The predicted octanol–water partition coefficient (Wildman–Crippen LogP) is 4.21. The second kappa shape index (κ2) is 6.14. The van der Waals surface area contributed by atoms with E-state index >= 15 is 0 Å². The molecular formula is C15H12FIO2. The largest absolute Gasteiger partial charge is 0.489 e. The predicted molar refractivity (Wildman–Crippen MR) is 79.9 cm³/mol. The molecule has 0 atom stereocenters. The van der Waals surface area contributed by atoms with Crippen LogP contribution in [0.5, 0.6) is 5.75 Å². The van der Waals surface area contributed by atoms with Crippen LogP contribution in [0.4, 0.5) is 4.39 Å². The topological polar surface area (TPSA) is 26.3 Å². The Labute approximate surface area is 124 Å². The number of ketones is 1.